The van der Waals surface area contributed by atoms with E-state index in [1.54, 1.807) is 85.9 Å². The lowest BCUT2D eigenvalue weighted by Gasteiger charge is -2.38. The predicted molar refractivity (Wildman–Crippen MR) is 242 cm³/mol. The van der Waals surface area contributed by atoms with E-state index in [-0.39, 0.29) is 46.9 Å². The second-order valence-corrected chi connectivity index (χ2v) is 19.2. The smallest absolute Gasteiger partial charge is 0.326 e. The first-order valence-electron chi connectivity index (χ1n) is 19.7. The molecule has 0 bridgehead atoms. The topological polar surface area (TPSA) is 205 Å². The average Bonchev–Trinajstić information content (AvgIpc) is 3.65. The number of aromatic nitrogens is 1. The van der Waals surface area contributed by atoms with Crippen LogP contribution < -0.4 is 25.4 Å². The van der Waals surface area contributed by atoms with Gasteiger partial charge in [0.2, 0.25) is 12.0 Å². The van der Waals surface area contributed by atoms with E-state index in [1.165, 1.54) is 11.8 Å². The van der Waals surface area contributed by atoms with Crippen LogP contribution in [0.1, 0.15) is 45.2 Å². The lowest BCUT2D eigenvalue weighted by molar-refractivity contribution is -0.142. The number of nitrogens with two attached hydrogens (primary N) is 1. The summed E-state index contributed by atoms with van der Waals surface area (Å²) in [6, 6.07) is 28.9. The molecule has 2 aliphatic heterocycles. The summed E-state index contributed by atoms with van der Waals surface area (Å²) in [5.74, 6) is -1.64. The fourth-order valence-corrected chi connectivity index (χ4v) is 10.9. The van der Waals surface area contributed by atoms with Crippen LogP contribution in [-0.2, 0) is 50.4 Å². The number of hydrogen-bond donors (Lipinski definition) is 3. The van der Waals surface area contributed by atoms with Crippen LogP contribution in [0.15, 0.2) is 107 Å². The number of benzene rings is 5. The van der Waals surface area contributed by atoms with Gasteiger partial charge in [-0.15, -0.1) is 0 Å². The maximum Gasteiger partial charge on any atom is 0.326 e. The van der Waals surface area contributed by atoms with Gasteiger partial charge in [-0.25, -0.2) is 18.2 Å². The summed E-state index contributed by atoms with van der Waals surface area (Å²) >= 11 is 12.9. The highest BCUT2D eigenvalue weighted by Gasteiger charge is 2.44. The number of nitrogens with zero attached hydrogens (tertiary/aromatic N) is 4. The molecule has 2 aliphatic rings. The monoisotopic (exact) mass is 936 g/mol. The fraction of sp³-hybridized carbons (Fsp3) is 0.196. The number of nitrogen functional groups attached to an aromatic ring is 1. The number of likely N-dealkylation sites (N-methyl/N-ethyl adjacent to an activating group) is 1. The van der Waals surface area contributed by atoms with Crippen LogP contribution in [0, 0.1) is 18.3 Å². The Morgan fingerprint density at radius 3 is 2.28 bits per heavy atom. The first kappa shape index (κ1) is 44.1. The third-order valence-corrected chi connectivity index (χ3v) is 15.2. The number of carboxylic acids is 1. The molecule has 0 radical (unpaired) electrons. The van der Waals surface area contributed by atoms with Gasteiger partial charge in [0, 0.05) is 25.6 Å². The van der Waals surface area contributed by atoms with E-state index in [4.69, 9.17) is 43.7 Å². The number of carbonyl (C=O) groups is 3. The molecule has 2 amide bonds. The van der Waals surface area contributed by atoms with Gasteiger partial charge in [-0.05, 0) is 95.3 Å². The SMILES string of the molecule is Cc1nc(N)sc1S(=O)(=O)N1Cc2cc3c(cc2CC1C(=O)N[C@@H](Cc1ccc(-c2ccc(C#N)cc2)cc1)C(=O)O)N(C)C(=O)C(c1ccc(OCc2ccc(Cl)c(Cl)c2)cc1)O3. The molecule has 3 heterocycles. The zero-order chi connectivity index (χ0) is 45.4. The van der Waals surface area contributed by atoms with Gasteiger partial charge in [0.1, 0.15) is 30.2 Å². The van der Waals surface area contributed by atoms with E-state index >= 15 is 0 Å². The Kier molecular flexibility index (Phi) is 12.4. The highest BCUT2D eigenvalue weighted by molar-refractivity contribution is 7.91. The van der Waals surface area contributed by atoms with Crippen molar-refractivity contribution in [2.24, 2.45) is 0 Å². The maximum atomic E-state index is 14.5. The molecular weight excluding hydrogens is 900 g/mol. The van der Waals surface area contributed by atoms with E-state index in [0.29, 0.717) is 55.0 Å². The number of carbonyl (C=O) groups excluding carboxylic acids is 2. The number of halogens is 2. The Hall–Kier alpha value is -6.48. The quantitative estimate of drug-likeness (QED) is 0.110. The standard InChI is InChI=1S/C46H38Cl2N6O8S2/c1-25-45(63-46(50)51-25)64(59,60)54-23-33-21-40-38(53(2)43(56)41(62-40)31-12-14-34(15-13-31)61-24-28-7-16-35(47)36(48)17-28)19-32(33)20-39(54)42(55)52-37(44(57)58)18-26-3-8-29(9-4-26)30-10-5-27(22-49)6-11-30/h3-17,19,21,37,39,41H,18,20,23-24H2,1-2H3,(H2,50,51)(H,52,55)(H,57,58)/t37-,39?,41?/m0/s1. The van der Waals surface area contributed by atoms with Crippen molar-refractivity contribution >= 4 is 73.2 Å². The number of amides is 2. The lowest BCUT2D eigenvalue weighted by Crippen LogP contribution is -2.55. The van der Waals surface area contributed by atoms with Crippen molar-refractivity contribution in [3.63, 3.8) is 0 Å². The number of fused-ring (bicyclic) bond motifs is 2. The van der Waals surface area contributed by atoms with Gasteiger partial charge in [-0.2, -0.15) is 9.57 Å². The molecule has 8 rings (SSSR count). The Bertz CT molecular complexity index is 2960. The maximum absolute atomic E-state index is 14.5. The summed E-state index contributed by atoms with van der Waals surface area (Å²) in [6.45, 7) is 1.45. The van der Waals surface area contributed by atoms with Gasteiger partial charge in [0.05, 0.1) is 33.1 Å². The number of sulfonamides is 1. The molecule has 64 heavy (non-hydrogen) atoms. The highest BCUT2D eigenvalue weighted by atomic mass is 35.5. The molecule has 5 aromatic carbocycles. The Morgan fingerprint density at radius 2 is 1.66 bits per heavy atom. The third kappa shape index (κ3) is 8.99. The minimum absolute atomic E-state index is 0.0258. The van der Waals surface area contributed by atoms with Crippen LogP contribution >= 0.6 is 34.5 Å². The molecule has 0 saturated carbocycles. The summed E-state index contributed by atoms with van der Waals surface area (Å²) in [5, 5.41) is 22.9. The van der Waals surface area contributed by atoms with Gasteiger partial charge in [-0.1, -0.05) is 89.1 Å². The number of nitriles is 1. The van der Waals surface area contributed by atoms with Crippen molar-refractivity contribution in [1.29, 1.82) is 5.26 Å². The zero-order valence-electron chi connectivity index (χ0n) is 34.1. The van der Waals surface area contributed by atoms with Crippen molar-refractivity contribution in [2.45, 2.75) is 55.3 Å². The van der Waals surface area contributed by atoms with Gasteiger partial charge >= 0.3 is 5.97 Å². The molecule has 18 heteroatoms. The summed E-state index contributed by atoms with van der Waals surface area (Å²) in [6.07, 6.45) is -1.28. The Labute approximate surface area is 382 Å². The minimum atomic E-state index is -4.43. The molecule has 6 aromatic rings. The van der Waals surface area contributed by atoms with Gasteiger partial charge < -0.3 is 30.5 Å². The number of aryl methyl sites for hydroxylation is 1. The molecule has 14 nitrogen and oxygen atoms in total. The second-order valence-electron chi connectivity index (χ2n) is 15.3. The summed E-state index contributed by atoms with van der Waals surface area (Å²) in [7, 11) is -2.83. The number of ether oxygens (including phenoxy) is 2. The summed E-state index contributed by atoms with van der Waals surface area (Å²) < 4.78 is 42.1. The van der Waals surface area contributed by atoms with Crippen molar-refractivity contribution in [3.8, 4) is 28.7 Å². The second kappa shape index (κ2) is 17.9. The van der Waals surface area contributed by atoms with Crippen LogP contribution in [0.4, 0.5) is 10.8 Å². The average molecular weight is 938 g/mol. The number of carboxylic acid groups (broad SMARTS) is 1. The number of thiazole rings is 1. The summed E-state index contributed by atoms with van der Waals surface area (Å²) in [4.78, 5) is 46.3. The molecule has 3 atom stereocenters. The van der Waals surface area contributed by atoms with Gasteiger partial charge in [-0.3, -0.25) is 9.59 Å². The summed E-state index contributed by atoms with van der Waals surface area (Å²) in [5.41, 5.74) is 11.8. The highest BCUT2D eigenvalue weighted by Crippen LogP contribution is 2.43. The van der Waals surface area contributed by atoms with Crippen molar-refractivity contribution in [3.05, 3.63) is 152 Å². The van der Waals surface area contributed by atoms with Crippen molar-refractivity contribution < 1.29 is 37.4 Å². The van der Waals surface area contributed by atoms with E-state index in [1.807, 2.05) is 24.3 Å². The molecular formula is C46H38Cl2N6O8S2. The van der Waals surface area contributed by atoms with E-state index in [0.717, 1.165) is 32.3 Å². The van der Waals surface area contributed by atoms with Crippen LogP contribution in [0.25, 0.3) is 11.1 Å². The van der Waals surface area contributed by atoms with Crippen LogP contribution in [-0.4, -0.2) is 59.7 Å². The van der Waals surface area contributed by atoms with Gasteiger partial charge in [0.15, 0.2) is 9.34 Å². The fourth-order valence-electron chi connectivity index (χ4n) is 7.65. The first-order chi connectivity index (χ1) is 30.6. The predicted octanol–water partition coefficient (Wildman–Crippen LogP) is 7.48. The molecule has 0 aliphatic carbocycles. The van der Waals surface area contributed by atoms with E-state index < -0.39 is 40.1 Å². The normalized spacial score (nSPS) is 16.5. The van der Waals surface area contributed by atoms with E-state index in [2.05, 4.69) is 16.4 Å². The lowest BCUT2D eigenvalue weighted by atomic mass is 9.93. The van der Waals surface area contributed by atoms with E-state index in [9.17, 15) is 27.9 Å². The number of aliphatic carboxylic acids is 1. The molecule has 0 fully saturated rings. The molecule has 2 unspecified atom stereocenters. The molecule has 0 spiro atoms. The third-order valence-electron chi connectivity index (χ3n) is 11.1. The Balaban J connectivity index is 1.04. The number of rotatable bonds is 12. The number of hydrogen-bond acceptors (Lipinski definition) is 11. The van der Waals surface area contributed by atoms with Gasteiger partial charge in [0.25, 0.3) is 15.9 Å². The first-order valence-corrected chi connectivity index (χ1v) is 22.7. The molecule has 0 saturated heterocycles. The Morgan fingerprint density at radius 1 is 0.984 bits per heavy atom. The molecule has 326 valence electrons. The zero-order valence-corrected chi connectivity index (χ0v) is 37.3. The van der Waals surface area contributed by atoms with Crippen LogP contribution in [0.5, 0.6) is 11.5 Å². The molecule has 1 aromatic heterocycles. The minimum Gasteiger partial charge on any atom is -0.489 e. The van der Waals surface area contributed by atoms with Crippen molar-refractivity contribution in [2.75, 3.05) is 17.7 Å². The molecule has 4 N–H and O–H groups in total. The van der Waals surface area contributed by atoms with Crippen LogP contribution in [0.2, 0.25) is 10.0 Å². The number of nitrogens with one attached hydrogen (secondary N) is 1. The van der Waals surface area contributed by atoms with Crippen LogP contribution in [0.3, 0.4) is 0 Å². The van der Waals surface area contributed by atoms with Crippen molar-refractivity contribution in [1.82, 2.24) is 14.6 Å². The largest absolute Gasteiger partial charge is 0.489 e. The number of anilines is 2.